The van der Waals surface area contributed by atoms with E-state index >= 15 is 0 Å². The first-order valence-electron chi connectivity index (χ1n) is 7.99. The number of anilines is 1. The van der Waals surface area contributed by atoms with Gasteiger partial charge in [-0.3, -0.25) is 4.79 Å². The van der Waals surface area contributed by atoms with Crippen LogP contribution in [-0.4, -0.2) is 38.1 Å². The predicted octanol–water partition coefficient (Wildman–Crippen LogP) is 3.73. The molecule has 0 saturated carbocycles. The summed E-state index contributed by atoms with van der Waals surface area (Å²) in [6.07, 6.45) is 2.02. The van der Waals surface area contributed by atoms with E-state index in [-0.39, 0.29) is 11.7 Å². The second-order valence-electron chi connectivity index (χ2n) is 5.71. The van der Waals surface area contributed by atoms with Gasteiger partial charge in [0.05, 0.1) is 11.4 Å². The van der Waals surface area contributed by atoms with Crippen LogP contribution in [0.5, 0.6) is 0 Å². The van der Waals surface area contributed by atoms with Crippen LogP contribution < -0.4 is 5.32 Å². The molecule has 134 valence electrons. The number of carbonyl (C=O) groups is 1. The largest absolute Gasteiger partial charge is 0.325 e. The van der Waals surface area contributed by atoms with Gasteiger partial charge in [0.25, 0.3) is 0 Å². The molecule has 0 spiro atoms. The second kappa shape index (κ2) is 8.37. The number of rotatable bonds is 6. The van der Waals surface area contributed by atoms with Gasteiger partial charge in [0.1, 0.15) is 0 Å². The minimum atomic E-state index is -0.0958. The molecule has 1 heterocycles. The van der Waals surface area contributed by atoms with Gasteiger partial charge >= 0.3 is 0 Å². The van der Waals surface area contributed by atoms with Crippen molar-refractivity contribution in [1.82, 2.24) is 20.2 Å². The fraction of sp³-hybridized carbons (Fsp3) is 0.222. The van der Waals surface area contributed by atoms with E-state index < -0.39 is 0 Å². The van der Waals surface area contributed by atoms with Gasteiger partial charge in [0.2, 0.25) is 11.1 Å². The molecule has 6 nitrogen and oxygen atoms in total. The van der Waals surface area contributed by atoms with Gasteiger partial charge in [0, 0.05) is 10.6 Å². The Morgan fingerprint density at radius 1 is 1.12 bits per heavy atom. The van der Waals surface area contributed by atoms with Crippen molar-refractivity contribution < 1.29 is 4.79 Å². The molecule has 1 N–H and O–H groups in total. The Balaban J connectivity index is 1.63. The third-order valence-corrected chi connectivity index (χ3v) is 5.54. The number of nitrogens with one attached hydrogen (secondary N) is 1. The van der Waals surface area contributed by atoms with Crippen molar-refractivity contribution in [3.05, 3.63) is 53.6 Å². The van der Waals surface area contributed by atoms with Gasteiger partial charge in [-0.1, -0.05) is 17.8 Å². The van der Waals surface area contributed by atoms with Gasteiger partial charge in [-0.2, -0.15) is 4.68 Å². The molecule has 26 heavy (non-hydrogen) atoms. The highest BCUT2D eigenvalue weighted by Gasteiger charge is 2.12. The molecule has 0 unspecified atom stereocenters. The molecule has 3 rings (SSSR count). The van der Waals surface area contributed by atoms with Crippen LogP contribution in [0.3, 0.4) is 0 Å². The van der Waals surface area contributed by atoms with E-state index in [4.69, 9.17) is 0 Å². The minimum absolute atomic E-state index is 0.0958. The van der Waals surface area contributed by atoms with Gasteiger partial charge in [-0.05, 0) is 78.1 Å². The van der Waals surface area contributed by atoms with E-state index in [9.17, 15) is 4.79 Å². The fourth-order valence-electron chi connectivity index (χ4n) is 2.29. The molecule has 0 radical (unpaired) electrons. The average Bonchev–Trinajstić information content (AvgIpc) is 3.11. The number of amides is 1. The highest BCUT2D eigenvalue weighted by Crippen LogP contribution is 2.21. The summed E-state index contributed by atoms with van der Waals surface area (Å²) < 4.78 is 1.65. The van der Waals surface area contributed by atoms with Gasteiger partial charge in [-0.15, -0.1) is 16.9 Å². The molecule has 0 aliphatic rings. The van der Waals surface area contributed by atoms with Crippen molar-refractivity contribution in [2.45, 2.75) is 23.9 Å². The molecule has 3 aromatic rings. The maximum absolute atomic E-state index is 12.2. The lowest BCUT2D eigenvalue weighted by molar-refractivity contribution is -0.113. The van der Waals surface area contributed by atoms with E-state index in [2.05, 4.69) is 27.8 Å². The van der Waals surface area contributed by atoms with E-state index in [1.165, 1.54) is 22.9 Å². The van der Waals surface area contributed by atoms with Gasteiger partial charge in [0.15, 0.2) is 0 Å². The zero-order chi connectivity index (χ0) is 18.5. The molecular formula is C18H19N5OS2. The highest BCUT2D eigenvalue weighted by atomic mass is 32.2. The van der Waals surface area contributed by atoms with Crippen molar-refractivity contribution >= 4 is 35.1 Å². The van der Waals surface area contributed by atoms with Crippen LogP contribution in [0.25, 0.3) is 5.69 Å². The number of thioether (sulfide) groups is 2. The lowest BCUT2D eigenvalue weighted by atomic mass is 10.1. The Kier molecular flexibility index (Phi) is 5.95. The Morgan fingerprint density at radius 2 is 1.88 bits per heavy atom. The summed E-state index contributed by atoms with van der Waals surface area (Å²) in [6, 6.07) is 13.8. The lowest BCUT2D eigenvalue weighted by Gasteiger charge is -2.08. The number of nitrogens with zero attached hydrogens (tertiary/aromatic N) is 4. The van der Waals surface area contributed by atoms with Gasteiger partial charge < -0.3 is 5.32 Å². The highest BCUT2D eigenvalue weighted by molar-refractivity contribution is 7.99. The number of tetrazole rings is 1. The Labute approximate surface area is 160 Å². The summed E-state index contributed by atoms with van der Waals surface area (Å²) >= 11 is 2.97. The number of aromatic nitrogens is 4. The van der Waals surface area contributed by atoms with Crippen molar-refractivity contribution in [1.29, 1.82) is 0 Å². The van der Waals surface area contributed by atoms with Crippen molar-refractivity contribution in [3.63, 3.8) is 0 Å². The van der Waals surface area contributed by atoms with E-state index in [1.807, 2.05) is 55.6 Å². The molecule has 0 fully saturated rings. The number of aryl methyl sites for hydroxylation is 2. The quantitative estimate of drug-likeness (QED) is 0.652. The molecular weight excluding hydrogens is 366 g/mol. The number of benzene rings is 2. The molecule has 0 atom stereocenters. The maximum atomic E-state index is 12.2. The van der Waals surface area contributed by atoms with E-state index in [1.54, 1.807) is 16.4 Å². The third kappa shape index (κ3) is 4.44. The minimum Gasteiger partial charge on any atom is -0.325 e. The SMILES string of the molecule is CSc1ccc(NC(=O)CSc2nnnn2-c2ccc(C)c(C)c2)cc1. The summed E-state index contributed by atoms with van der Waals surface area (Å²) in [5.74, 6) is 0.136. The molecule has 8 heteroatoms. The lowest BCUT2D eigenvalue weighted by Crippen LogP contribution is -2.14. The first-order chi connectivity index (χ1) is 12.6. The Hall–Kier alpha value is -2.32. The molecule has 0 aliphatic carbocycles. The smallest absolute Gasteiger partial charge is 0.234 e. The maximum Gasteiger partial charge on any atom is 0.234 e. The predicted molar refractivity (Wildman–Crippen MR) is 106 cm³/mol. The number of carbonyl (C=O) groups excluding carboxylic acids is 1. The van der Waals surface area contributed by atoms with Crippen LogP contribution in [0.15, 0.2) is 52.5 Å². The van der Waals surface area contributed by atoms with Crippen LogP contribution in [0.1, 0.15) is 11.1 Å². The molecule has 0 aliphatic heterocycles. The first kappa shape index (κ1) is 18.5. The second-order valence-corrected chi connectivity index (χ2v) is 7.53. The Bertz CT molecular complexity index is 908. The molecule has 0 saturated heterocycles. The first-order valence-corrected chi connectivity index (χ1v) is 10.2. The van der Waals surface area contributed by atoms with Gasteiger partial charge in [-0.25, -0.2) is 0 Å². The molecule has 1 amide bonds. The monoisotopic (exact) mass is 385 g/mol. The van der Waals surface area contributed by atoms with Crippen LogP contribution in [0, 0.1) is 13.8 Å². The normalized spacial score (nSPS) is 10.7. The molecule has 1 aromatic heterocycles. The zero-order valence-corrected chi connectivity index (χ0v) is 16.4. The summed E-state index contributed by atoms with van der Waals surface area (Å²) in [5.41, 5.74) is 4.04. The summed E-state index contributed by atoms with van der Waals surface area (Å²) in [6.45, 7) is 4.11. The average molecular weight is 386 g/mol. The Morgan fingerprint density at radius 3 is 2.58 bits per heavy atom. The van der Waals surface area contributed by atoms with Crippen LogP contribution in [0.2, 0.25) is 0 Å². The van der Waals surface area contributed by atoms with Crippen molar-refractivity contribution in [2.24, 2.45) is 0 Å². The van der Waals surface area contributed by atoms with E-state index in [0.29, 0.717) is 5.16 Å². The summed E-state index contributed by atoms with van der Waals surface area (Å²) in [7, 11) is 0. The zero-order valence-electron chi connectivity index (χ0n) is 14.8. The number of hydrogen-bond acceptors (Lipinski definition) is 6. The molecule has 0 bridgehead atoms. The van der Waals surface area contributed by atoms with Crippen LogP contribution in [0.4, 0.5) is 5.69 Å². The molecule has 2 aromatic carbocycles. The van der Waals surface area contributed by atoms with Crippen LogP contribution in [-0.2, 0) is 4.79 Å². The standard InChI is InChI=1S/C18H19N5OS2/c1-12-4-7-15(10-13(12)2)23-18(20-21-22-23)26-11-17(24)19-14-5-8-16(25-3)9-6-14/h4-10H,11H2,1-3H3,(H,19,24). The summed E-state index contributed by atoms with van der Waals surface area (Å²) in [5, 5.41) is 15.3. The van der Waals surface area contributed by atoms with Crippen molar-refractivity contribution in [2.75, 3.05) is 17.3 Å². The van der Waals surface area contributed by atoms with E-state index in [0.717, 1.165) is 16.3 Å². The fourth-order valence-corrected chi connectivity index (χ4v) is 3.39. The topological polar surface area (TPSA) is 72.7 Å². The third-order valence-electron chi connectivity index (χ3n) is 3.88. The van der Waals surface area contributed by atoms with Crippen LogP contribution >= 0.6 is 23.5 Å². The van der Waals surface area contributed by atoms with Crippen molar-refractivity contribution in [3.8, 4) is 5.69 Å². The number of hydrogen-bond donors (Lipinski definition) is 1. The summed E-state index contributed by atoms with van der Waals surface area (Å²) in [4.78, 5) is 13.4.